The fourth-order valence-corrected chi connectivity index (χ4v) is 3.63. The Balaban J connectivity index is 1.94. The number of hydrogen-bond donors (Lipinski definition) is 1. The van der Waals surface area contributed by atoms with Gasteiger partial charge in [0.25, 0.3) is 5.91 Å². The Morgan fingerprint density at radius 3 is 2.65 bits per heavy atom. The van der Waals surface area contributed by atoms with E-state index in [0.29, 0.717) is 22.3 Å². The minimum Gasteiger partial charge on any atom is -0.481 e. The molecule has 0 radical (unpaired) electrons. The first-order chi connectivity index (χ1) is 11.0. The molecule has 0 spiro atoms. The third-order valence-corrected chi connectivity index (χ3v) is 4.68. The second-order valence-electron chi connectivity index (χ2n) is 5.14. The number of carbonyl (C=O) groups excluding carboxylic acids is 1. The largest absolute Gasteiger partial charge is 0.481 e. The number of pyridine rings is 1. The third kappa shape index (κ3) is 2.87. The molecule has 7 heteroatoms. The van der Waals surface area contributed by atoms with Crippen LogP contribution in [-0.2, 0) is 0 Å². The number of nitrogens with one attached hydrogen (secondary N) is 1. The minimum atomic E-state index is -0.172. The zero-order valence-electron chi connectivity index (χ0n) is 13.3. The smallest absolute Gasteiger partial charge is 0.266 e. The number of ether oxygens (including phenoxy) is 1. The van der Waals surface area contributed by atoms with Crippen molar-refractivity contribution in [1.29, 1.82) is 0 Å². The highest BCUT2D eigenvalue weighted by molar-refractivity contribution is 7.20. The predicted octanol–water partition coefficient (Wildman–Crippen LogP) is 3.27. The van der Waals surface area contributed by atoms with Gasteiger partial charge in [-0.3, -0.25) is 4.79 Å². The van der Waals surface area contributed by atoms with Crippen molar-refractivity contribution >= 4 is 33.1 Å². The van der Waals surface area contributed by atoms with Crippen molar-refractivity contribution in [2.45, 2.75) is 20.8 Å². The molecular weight excluding hydrogens is 312 g/mol. The zero-order chi connectivity index (χ0) is 16.6. The van der Waals surface area contributed by atoms with Crippen LogP contribution in [0.3, 0.4) is 0 Å². The maximum absolute atomic E-state index is 12.5. The number of amides is 1. The van der Waals surface area contributed by atoms with Gasteiger partial charge in [-0.15, -0.1) is 11.3 Å². The van der Waals surface area contributed by atoms with Gasteiger partial charge in [-0.05, 0) is 32.4 Å². The van der Waals surface area contributed by atoms with E-state index in [1.807, 2.05) is 20.8 Å². The topological polar surface area (TPSA) is 77.0 Å². The number of aromatic nitrogens is 3. The Morgan fingerprint density at radius 1 is 1.22 bits per heavy atom. The van der Waals surface area contributed by atoms with Crippen LogP contribution in [-0.4, -0.2) is 28.0 Å². The van der Waals surface area contributed by atoms with Crippen molar-refractivity contribution in [2.75, 3.05) is 12.4 Å². The number of methoxy groups -OCH3 is 1. The van der Waals surface area contributed by atoms with Crippen molar-refractivity contribution in [3.63, 3.8) is 0 Å². The quantitative estimate of drug-likeness (QED) is 0.798. The summed E-state index contributed by atoms with van der Waals surface area (Å²) < 4.78 is 5.01. The fraction of sp³-hybridized carbons (Fsp3) is 0.250. The molecule has 0 aliphatic heterocycles. The fourth-order valence-electron chi connectivity index (χ4n) is 2.45. The molecule has 0 aliphatic rings. The van der Waals surface area contributed by atoms with Gasteiger partial charge >= 0.3 is 0 Å². The number of thiophene rings is 1. The first-order valence-electron chi connectivity index (χ1n) is 7.05. The van der Waals surface area contributed by atoms with Gasteiger partial charge in [0.2, 0.25) is 5.88 Å². The molecule has 6 nitrogen and oxygen atoms in total. The van der Waals surface area contributed by atoms with Gasteiger partial charge in [-0.25, -0.2) is 15.0 Å². The van der Waals surface area contributed by atoms with E-state index in [1.165, 1.54) is 11.3 Å². The Bertz CT molecular complexity index is 887. The van der Waals surface area contributed by atoms with Crippen LogP contribution in [0.15, 0.2) is 18.3 Å². The van der Waals surface area contributed by atoms with Crippen LogP contribution in [0.4, 0.5) is 5.69 Å². The molecule has 3 rings (SSSR count). The Hall–Kier alpha value is -2.54. The molecule has 0 saturated heterocycles. The first kappa shape index (κ1) is 15.4. The average molecular weight is 328 g/mol. The van der Waals surface area contributed by atoms with Crippen LogP contribution in [0.2, 0.25) is 0 Å². The van der Waals surface area contributed by atoms with Crippen LogP contribution in [0, 0.1) is 20.8 Å². The Morgan fingerprint density at radius 2 is 2.00 bits per heavy atom. The molecule has 0 fully saturated rings. The summed E-state index contributed by atoms with van der Waals surface area (Å²) in [6.07, 6.45) is 1.56. The van der Waals surface area contributed by atoms with Crippen molar-refractivity contribution in [1.82, 2.24) is 15.0 Å². The summed E-state index contributed by atoms with van der Waals surface area (Å²) in [5.41, 5.74) is 2.42. The zero-order valence-corrected chi connectivity index (χ0v) is 14.1. The van der Waals surface area contributed by atoms with Gasteiger partial charge in [0.05, 0.1) is 23.9 Å². The number of aryl methyl sites for hydroxylation is 3. The SMILES string of the molecule is COc1ccc(NC(=O)c2sc3nc(C)nc(C)c3c2C)cn1. The molecule has 0 bridgehead atoms. The minimum absolute atomic E-state index is 0.172. The van der Waals surface area contributed by atoms with Gasteiger partial charge in [-0.1, -0.05) is 0 Å². The summed E-state index contributed by atoms with van der Waals surface area (Å²) >= 11 is 1.38. The molecule has 0 saturated carbocycles. The van der Waals surface area contributed by atoms with E-state index in [0.717, 1.165) is 21.5 Å². The van der Waals surface area contributed by atoms with Gasteiger partial charge in [0.15, 0.2) is 0 Å². The maximum atomic E-state index is 12.5. The number of rotatable bonds is 3. The van der Waals surface area contributed by atoms with Gasteiger partial charge < -0.3 is 10.1 Å². The van der Waals surface area contributed by atoms with E-state index < -0.39 is 0 Å². The van der Waals surface area contributed by atoms with Crippen molar-refractivity contribution in [3.8, 4) is 5.88 Å². The standard InChI is InChI=1S/C16H16N4O2S/c1-8-13-9(2)18-10(3)19-16(13)23-14(8)15(21)20-11-5-6-12(22-4)17-7-11/h5-7H,1-4H3,(H,20,21). The van der Waals surface area contributed by atoms with E-state index in [2.05, 4.69) is 20.3 Å². The van der Waals surface area contributed by atoms with Crippen molar-refractivity contribution < 1.29 is 9.53 Å². The monoisotopic (exact) mass is 328 g/mol. The van der Waals surface area contributed by atoms with Gasteiger partial charge in [0, 0.05) is 17.1 Å². The van der Waals surface area contributed by atoms with E-state index in [9.17, 15) is 4.79 Å². The lowest BCUT2D eigenvalue weighted by Crippen LogP contribution is -2.11. The molecule has 0 atom stereocenters. The molecule has 3 aromatic rings. The summed E-state index contributed by atoms with van der Waals surface area (Å²) in [5.74, 6) is 1.04. The second-order valence-corrected chi connectivity index (χ2v) is 6.14. The molecule has 118 valence electrons. The van der Waals surface area contributed by atoms with E-state index >= 15 is 0 Å². The molecular formula is C16H16N4O2S. The first-order valence-corrected chi connectivity index (χ1v) is 7.87. The molecule has 3 heterocycles. The number of hydrogen-bond acceptors (Lipinski definition) is 6. The number of carbonyl (C=O) groups is 1. The number of nitrogens with zero attached hydrogens (tertiary/aromatic N) is 3. The normalized spacial score (nSPS) is 10.8. The van der Waals surface area contributed by atoms with Gasteiger partial charge in [-0.2, -0.15) is 0 Å². The van der Waals surface area contributed by atoms with Crippen LogP contribution in [0.1, 0.15) is 26.8 Å². The molecule has 23 heavy (non-hydrogen) atoms. The lowest BCUT2D eigenvalue weighted by Gasteiger charge is -2.05. The molecule has 0 unspecified atom stereocenters. The molecule has 0 aromatic carbocycles. The van der Waals surface area contributed by atoms with Crippen LogP contribution in [0.25, 0.3) is 10.2 Å². The summed E-state index contributed by atoms with van der Waals surface area (Å²) in [4.78, 5) is 26.9. The lowest BCUT2D eigenvalue weighted by molar-refractivity contribution is 0.103. The Kier molecular flexibility index (Phi) is 3.96. The maximum Gasteiger partial charge on any atom is 0.266 e. The van der Waals surface area contributed by atoms with E-state index in [1.54, 1.807) is 25.4 Å². The lowest BCUT2D eigenvalue weighted by atomic mass is 10.1. The molecule has 3 aromatic heterocycles. The Labute approximate surface area is 137 Å². The highest BCUT2D eigenvalue weighted by Gasteiger charge is 2.18. The number of anilines is 1. The molecule has 1 N–H and O–H groups in total. The summed E-state index contributed by atoms with van der Waals surface area (Å²) in [5, 5.41) is 3.81. The van der Waals surface area contributed by atoms with Crippen molar-refractivity contribution in [3.05, 3.63) is 40.3 Å². The van der Waals surface area contributed by atoms with Gasteiger partial charge in [0.1, 0.15) is 10.7 Å². The predicted molar refractivity (Wildman–Crippen MR) is 90.4 cm³/mol. The average Bonchev–Trinajstić information content (AvgIpc) is 2.85. The van der Waals surface area contributed by atoms with Crippen molar-refractivity contribution in [2.24, 2.45) is 0 Å². The number of fused-ring (bicyclic) bond motifs is 1. The van der Waals surface area contributed by atoms with Crippen LogP contribution < -0.4 is 10.1 Å². The molecule has 1 amide bonds. The summed E-state index contributed by atoms with van der Waals surface area (Å²) in [6.45, 7) is 5.71. The van der Waals surface area contributed by atoms with E-state index in [4.69, 9.17) is 4.74 Å². The second kappa shape index (κ2) is 5.92. The third-order valence-electron chi connectivity index (χ3n) is 3.49. The highest BCUT2D eigenvalue weighted by atomic mass is 32.1. The highest BCUT2D eigenvalue weighted by Crippen LogP contribution is 2.31. The summed E-state index contributed by atoms with van der Waals surface area (Å²) in [6, 6.07) is 3.45. The molecule has 0 aliphatic carbocycles. The van der Waals surface area contributed by atoms with E-state index in [-0.39, 0.29) is 5.91 Å². The van der Waals surface area contributed by atoms with Crippen LogP contribution >= 0.6 is 11.3 Å². The summed E-state index contributed by atoms with van der Waals surface area (Å²) in [7, 11) is 1.55. The van der Waals surface area contributed by atoms with Crippen LogP contribution in [0.5, 0.6) is 5.88 Å².